The van der Waals surface area contributed by atoms with Gasteiger partial charge in [0, 0.05) is 6.54 Å². The molecule has 16 heavy (non-hydrogen) atoms. The summed E-state index contributed by atoms with van der Waals surface area (Å²) in [5.74, 6) is 0.730. The summed E-state index contributed by atoms with van der Waals surface area (Å²) in [5.41, 5.74) is 8.22. The van der Waals surface area contributed by atoms with Gasteiger partial charge in [-0.25, -0.2) is 0 Å². The molecule has 3 N–H and O–H groups in total. The Bertz CT molecular complexity index is 277. The van der Waals surface area contributed by atoms with Gasteiger partial charge in [-0.1, -0.05) is 38.1 Å². The van der Waals surface area contributed by atoms with Gasteiger partial charge >= 0.3 is 0 Å². The summed E-state index contributed by atoms with van der Waals surface area (Å²) in [6, 6.07) is 8.90. The molecule has 0 saturated heterocycles. The lowest BCUT2D eigenvalue weighted by atomic mass is 10.0. The van der Waals surface area contributed by atoms with Crippen LogP contribution in [0, 0.1) is 5.92 Å². The molecule has 0 fully saturated rings. The van der Waals surface area contributed by atoms with Crippen molar-refractivity contribution < 1.29 is 0 Å². The van der Waals surface area contributed by atoms with E-state index in [0.29, 0.717) is 0 Å². The van der Waals surface area contributed by atoms with Crippen molar-refractivity contribution in [3.8, 4) is 0 Å². The van der Waals surface area contributed by atoms with Crippen LogP contribution in [0.5, 0.6) is 0 Å². The summed E-state index contributed by atoms with van der Waals surface area (Å²) in [6.45, 7) is 7.22. The van der Waals surface area contributed by atoms with Gasteiger partial charge in [0.15, 0.2) is 0 Å². The number of rotatable bonds is 7. The third kappa shape index (κ3) is 5.29. The van der Waals surface area contributed by atoms with Gasteiger partial charge < -0.3 is 11.1 Å². The summed E-state index contributed by atoms with van der Waals surface area (Å²) in [5, 5.41) is 3.38. The summed E-state index contributed by atoms with van der Waals surface area (Å²) in [4.78, 5) is 0. The molecule has 90 valence electrons. The highest BCUT2D eigenvalue weighted by atomic mass is 14.8. The summed E-state index contributed by atoms with van der Waals surface area (Å²) in [7, 11) is 0. The van der Waals surface area contributed by atoms with Crippen molar-refractivity contribution in [3.05, 3.63) is 35.4 Å². The Balaban J connectivity index is 2.33. The molecular weight excluding hydrogens is 196 g/mol. The molecule has 0 aromatic heterocycles. The number of hydrogen-bond donors (Lipinski definition) is 2. The summed E-state index contributed by atoms with van der Waals surface area (Å²) in [6.07, 6.45) is 2.21. The average molecular weight is 220 g/mol. The molecule has 0 radical (unpaired) electrons. The first-order valence-corrected chi connectivity index (χ1v) is 6.21. The molecule has 2 nitrogen and oxygen atoms in total. The van der Waals surface area contributed by atoms with Gasteiger partial charge in [-0.3, -0.25) is 0 Å². The molecule has 0 aliphatic carbocycles. The van der Waals surface area contributed by atoms with Gasteiger partial charge in [0.2, 0.25) is 0 Å². The maximum atomic E-state index is 5.43. The normalized spacial score (nSPS) is 11.0. The number of benzene rings is 1. The van der Waals surface area contributed by atoms with E-state index in [1.165, 1.54) is 17.5 Å². The molecule has 1 aromatic rings. The van der Waals surface area contributed by atoms with Gasteiger partial charge in [-0.05, 0) is 43.0 Å². The molecule has 0 bridgehead atoms. The number of nitrogens with two attached hydrogens (primary N) is 1. The van der Waals surface area contributed by atoms with Crippen LogP contribution >= 0.6 is 0 Å². The van der Waals surface area contributed by atoms with Crippen molar-refractivity contribution in [2.75, 3.05) is 13.1 Å². The fourth-order valence-electron chi connectivity index (χ4n) is 1.72. The van der Waals surface area contributed by atoms with E-state index in [1.54, 1.807) is 0 Å². The summed E-state index contributed by atoms with van der Waals surface area (Å²) >= 11 is 0. The summed E-state index contributed by atoms with van der Waals surface area (Å²) < 4.78 is 0. The maximum Gasteiger partial charge on any atom is 0.0205 e. The Morgan fingerprint density at radius 3 is 2.31 bits per heavy atom. The van der Waals surface area contributed by atoms with Crippen LogP contribution < -0.4 is 11.1 Å². The molecule has 0 spiro atoms. The van der Waals surface area contributed by atoms with E-state index < -0.39 is 0 Å². The highest BCUT2D eigenvalue weighted by Gasteiger charge is 1.98. The smallest absolute Gasteiger partial charge is 0.0205 e. The first-order valence-electron chi connectivity index (χ1n) is 6.21. The number of hydrogen-bond acceptors (Lipinski definition) is 2. The van der Waals surface area contributed by atoms with E-state index in [4.69, 9.17) is 5.73 Å². The lowest BCUT2D eigenvalue weighted by Gasteiger charge is -2.07. The quantitative estimate of drug-likeness (QED) is 0.692. The molecule has 0 saturated carbocycles. The zero-order valence-corrected chi connectivity index (χ0v) is 10.5. The van der Waals surface area contributed by atoms with E-state index in [1.807, 2.05) is 0 Å². The van der Waals surface area contributed by atoms with Crippen molar-refractivity contribution >= 4 is 0 Å². The van der Waals surface area contributed by atoms with E-state index in [2.05, 4.69) is 43.4 Å². The van der Waals surface area contributed by atoms with E-state index in [0.717, 1.165) is 32.0 Å². The fourth-order valence-corrected chi connectivity index (χ4v) is 1.72. The lowest BCUT2D eigenvalue weighted by molar-refractivity contribution is 0.644. The minimum atomic E-state index is 0.730. The van der Waals surface area contributed by atoms with Crippen LogP contribution in [0.3, 0.4) is 0 Å². The van der Waals surface area contributed by atoms with E-state index in [-0.39, 0.29) is 0 Å². The zero-order chi connectivity index (χ0) is 11.8. The molecule has 0 amide bonds. The van der Waals surface area contributed by atoms with Gasteiger partial charge in [0.05, 0.1) is 0 Å². The van der Waals surface area contributed by atoms with E-state index >= 15 is 0 Å². The predicted octanol–water partition coefficient (Wildman–Crippen LogP) is 2.32. The zero-order valence-electron chi connectivity index (χ0n) is 10.5. The van der Waals surface area contributed by atoms with Crippen molar-refractivity contribution in [1.29, 1.82) is 0 Å². The van der Waals surface area contributed by atoms with Crippen LogP contribution in [0.4, 0.5) is 0 Å². The van der Waals surface area contributed by atoms with Crippen molar-refractivity contribution in [2.45, 2.75) is 33.2 Å². The molecule has 0 unspecified atom stereocenters. The third-order valence-corrected chi connectivity index (χ3v) is 2.55. The first-order chi connectivity index (χ1) is 7.72. The molecule has 0 aliphatic heterocycles. The second kappa shape index (κ2) is 7.42. The topological polar surface area (TPSA) is 38.0 Å². The Morgan fingerprint density at radius 2 is 1.75 bits per heavy atom. The Kier molecular flexibility index (Phi) is 6.12. The largest absolute Gasteiger partial charge is 0.330 e. The molecule has 0 aliphatic rings. The molecular formula is C14H24N2. The molecule has 0 atom stereocenters. The monoisotopic (exact) mass is 220 g/mol. The highest BCUT2D eigenvalue weighted by molar-refractivity contribution is 5.22. The second-order valence-electron chi connectivity index (χ2n) is 4.73. The minimum Gasteiger partial charge on any atom is -0.330 e. The minimum absolute atomic E-state index is 0.730. The molecule has 2 heteroatoms. The van der Waals surface area contributed by atoms with Gasteiger partial charge in [0.1, 0.15) is 0 Å². The predicted molar refractivity (Wildman–Crippen MR) is 70.4 cm³/mol. The van der Waals surface area contributed by atoms with Crippen LogP contribution in [0.15, 0.2) is 24.3 Å². The highest BCUT2D eigenvalue weighted by Crippen LogP contribution is 2.09. The third-order valence-electron chi connectivity index (χ3n) is 2.55. The van der Waals surface area contributed by atoms with Crippen molar-refractivity contribution in [1.82, 2.24) is 5.32 Å². The van der Waals surface area contributed by atoms with Gasteiger partial charge in [-0.2, -0.15) is 0 Å². The first kappa shape index (κ1) is 13.2. The fraction of sp³-hybridized carbons (Fsp3) is 0.571. The van der Waals surface area contributed by atoms with Crippen molar-refractivity contribution in [2.24, 2.45) is 11.7 Å². The van der Waals surface area contributed by atoms with Gasteiger partial charge in [-0.15, -0.1) is 0 Å². The van der Waals surface area contributed by atoms with Crippen molar-refractivity contribution in [3.63, 3.8) is 0 Å². The Morgan fingerprint density at radius 1 is 1.12 bits per heavy atom. The van der Waals surface area contributed by atoms with Crippen LogP contribution in [0.2, 0.25) is 0 Å². The number of nitrogens with one attached hydrogen (secondary N) is 1. The molecule has 1 aromatic carbocycles. The van der Waals surface area contributed by atoms with Crippen LogP contribution in [0.1, 0.15) is 31.4 Å². The Labute approximate surface area is 99.2 Å². The lowest BCUT2D eigenvalue weighted by Crippen LogP contribution is -2.17. The maximum absolute atomic E-state index is 5.43. The second-order valence-corrected chi connectivity index (χ2v) is 4.73. The molecule has 0 heterocycles. The standard InChI is InChI=1S/C14H24N2/c1-12(2)10-13-4-6-14(7-5-13)11-16-9-3-8-15/h4-7,12,16H,3,8-11,15H2,1-2H3. The van der Waals surface area contributed by atoms with Crippen LogP contribution in [0.25, 0.3) is 0 Å². The van der Waals surface area contributed by atoms with Crippen LogP contribution in [-0.4, -0.2) is 13.1 Å². The van der Waals surface area contributed by atoms with Gasteiger partial charge in [0.25, 0.3) is 0 Å². The molecule has 1 rings (SSSR count). The Hall–Kier alpha value is -0.860. The van der Waals surface area contributed by atoms with Crippen LogP contribution in [-0.2, 0) is 13.0 Å². The van der Waals surface area contributed by atoms with E-state index in [9.17, 15) is 0 Å². The average Bonchev–Trinajstić information content (AvgIpc) is 2.26. The SMILES string of the molecule is CC(C)Cc1ccc(CNCCCN)cc1.